The molecule has 6 nitrogen and oxygen atoms in total. The maximum absolute atomic E-state index is 10.3. The second kappa shape index (κ2) is 16.5. The first-order valence-electron chi connectivity index (χ1n) is 9.57. The molecular formula is C18H34NO5-. The molecule has 0 saturated heterocycles. The molecule has 0 aromatic carbocycles. The van der Waals surface area contributed by atoms with E-state index in [4.69, 9.17) is 0 Å². The Labute approximate surface area is 146 Å². The van der Waals surface area contributed by atoms with Gasteiger partial charge in [0.25, 0.3) is 5.09 Å². The van der Waals surface area contributed by atoms with Crippen molar-refractivity contribution in [3.63, 3.8) is 0 Å². The summed E-state index contributed by atoms with van der Waals surface area (Å²) in [4.78, 5) is 25.1. The van der Waals surface area contributed by atoms with Gasteiger partial charge < -0.3 is 14.7 Å². The predicted octanol–water partition coefficient (Wildman–Crippen LogP) is 4.18. The number of nitrogens with zero attached hydrogens (tertiary/aromatic N) is 1. The highest BCUT2D eigenvalue weighted by atomic mass is 17.0. The fraction of sp³-hybridized carbons (Fsp3) is 0.944. The molecule has 24 heavy (non-hydrogen) atoms. The molecule has 0 N–H and O–H groups in total. The van der Waals surface area contributed by atoms with E-state index in [2.05, 4.69) is 4.84 Å². The molecule has 142 valence electrons. The summed E-state index contributed by atoms with van der Waals surface area (Å²) in [5, 5.41) is 19.9. The molecule has 0 radical (unpaired) electrons. The summed E-state index contributed by atoms with van der Waals surface area (Å²) in [6.07, 6.45) is 15.0. The van der Waals surface area contributed by atoms with Crippen molar-refractivity contribution in [1.29, 1.82) is 0 Å². The Morgan fingerprint density at radius 3 is 1.67 bits per heavy atom. The summed E-state index contributed by atoms with van der Waals surface area (Å²) >= 11 is 0. The number of hydrogen-bond donors (Lipinski definition) is 0. The monoisotopic (exact) mass is 344 g/mol. The molecule has 0 aliphatic heterocycles. The van der Waals surface area contributed by atoms with Crippen molar-refractivity contribution in [2.75, 3.05) is 0 Å². The Kier molecular flexibility index (Phi) is 15.6. The summed E-state index contributed by atoms with van der Waals surface area (Å²) < 4.78 is 0. The summed E-state index contributed by atoms with van der Waals surface area (Å²) in [6, 6.07) is 0. The Hall–Kier alpha value is -1.33. The van der Waals surface area contributed by atoms with Crippen LogP contribution in [0.4, 0.5) is 0 Å². The van der Waals surface area contributed by atoms with Crippen LogP contribution in [0.2, 0.25) is 0 Å². The van der Waals surface area contributed by atoms with Gasteiger partial charge in [0, 0.05) is 5.97 Å². The standard InChI is InChI=1S/C18H35NO5/c1-2-17(24-19(22)23)15-13-11-9-7-5-3-4-6-8-10-12-14-16-18(20)21/h17H,2-16H2,1H3,(H,20,21)/p-1. The number of unbranched alkanes of at least 4 members (excludes halogenated alkanes) is 11. The molecular weight excluding hydrogens is 310 g/mol. The third-order valence-electron chi connectivity index (χ3n) is 4.35. The van der Waals surface area contributed by atoms with E-state index in [0.29, 0.717) is 6.42 Å². The number of hydrogen-bond acceptors (Lipinski definition) is 5. The Morgan fingerprint density at radius 1 is 0.875 bits per heavy atom. The summed E-state index contributed by atoms with van der Waals surface area (Å²) in [5.74, 6) is -0.939. The van der Waals surface area contributed by atoms with Crippen LogP contribution in [-0.2, 0) is 9.63 Å². The van der Waals surface area contributed by atoms with Gasteiger partial charge in [-0.05, 0) is 25.7 Å². The van der Waals surface area contributed by atoms with Crippen LogP contribution >= 0.6 is 0 Å². The third kappa shape index (κ3) is 17.0. The average molecular weight is 344 g/mol. The van der Waals surface area contributed by atoms with E-state index >= 15 is 0 Å². The van der Waals surface area contributed by atoms with Crippen molar-refractivity contribution in [3.8, 4) is 0 Å². The van der Waals surface area contributed by atoms with E-state index < -0.39 is 11.1 Å². The van der Waals surface area contributed by atoms with Gasteiger partial charge in [-0.1, -0.05) is 77.6 Å². The van der Waals surface area contributed by atoms with Gasteiger partial charge in [-0.3, -0.25) is 0 Å². The molecule has 0 saturated carbocycles. The zero-order chi connectivity index (χ0) is 18.0. The first-order valence-corrected chi connectivity index (χ1v) is 9.57. The van der Waals surface area contributed by atoms with Gasteiger partial charge in [-0.2, -0.15) is 0 Å². The fourth-order valence-electron chi connectivity index (χ4n) is 2.86. The van der Waals surface area contributed by atoms with Crippen LogP contribution in [-0.4, -0.2) is 17.2 Å². The van der Waals surface area contributed by atoms with Gasteiger partial charge in [0.2, 0.25) is 0 Å². The summed E-state index contributed by atoms with van der Waals surface area (Å²) in [6.45, 7) is 1.91. The summed E-state index contributed by atoms with van der Waals surface area (Å²) in [7, 11) is 0. The van der Waals surface area contributed by atoms with Gasteiger partial charge >= 0.3 is 0 Å². The quantitative estimate of drug-likeness (QED) is 0.211. The minimum Gasteiger partial charge on any atom is -0.550 e. The molecule has 1 unspecified atom stereocenters. The second-order valence-electron chi connectivity index (χ2n) is 6.51. The molecule has 0 spiro atoms. The molecule has 0 aliphatic rings. The van der Waals surface area contributed by atoms with Crippen molar-refractivity contribution < 1.29 is 19.8 Å². The van der Waals surface area contributed by atoms with Gasteiger partial charge in [0.05, 0.1) is 0 Å². The van der Waals surface area contributed by atoms with Crippen molar-refractivity contribution in [2.45, 2.75) is 109 Å². The first-order chi connectivity index (χ1) is 11.6. The van der Waals surface area contributed by atoms with Crippen molar-refractivity contribution >= 4 is 5.97 Å². The maximum Gasteiger partial charge on any atom is 0.294 e. The van der Waals surface area contributed by atoms with Gasteiger partial charge in [-0.25, -0.2) is 0 Å². The number of carbonyl (C=O) groups excluding carboxylic acids is 1. The van der Waals surface area contributed by atoms with Crippen LogP contribution in [0.1, 0.15) is 103 Å². The molecule has 0 aliphatic carbocycles. The van der Waals surface area contributed by atoms with Gasteiger partial charge in [0.15, 0.2) is 0 Å². The molecule has 0 amide bonds. The van der Waals surface area contributed by atoms with Gasteiger partial charge in [-0.15, -0.1) is 10.1 Å². The normalized spacial score (nSPS) is 12.0. The minimum atomic E-state index is -0.939. The number of aliphatic carboxylic acids is 1. The number of carbonyl (C=O) groups is 1. The highest BCUT2D eigenvalue weighted by Gasteiger charge is 2.09. The number of rotatable bonds is 18. The van der Waals surface area contributed by atoms with Crippen LogP contribution in [0.25, 0.3) is 0 Å². The Bertz CT molecular complexity index is 323. The van der Waals surface area contributed by atoms with Crippen molar-refractivity contribution in [2.24, 2.45) is 0 Å². The van der Waals surface area contributed by atoms with Crippen LogP contribution < -0.4 is 5.11 Å². The van der Waals surface area contributed by atoms with E-state index in [-0.39, 0.29) is 12.5 Å². The molecule has 0 rings (SSSR count). The number of carboxylic acids is 1. The highest BCUT2D eigenvalue weighted by molar-refractivity contribution is 5.63. The lowest BCUT2D eigenvalue weighted by Gasteiger charge is -2.11. The summed E-state index contributed by atoms with van der Waals surface area (Å²) in [5.41, 5.74) is 0. The lowest BCUT2D eigenvalue weighted by atomic mass is 10.0. The molecule has 0 aromatic rings. The minimum absolute atomic E-state index is 0.192. The Morgan fingerprint density at radius 2 is 1.29 bits per heavy atom. The van der Waals surface area contributed by atoms with Crippen LogP contribution in [0, 0.1) is 10.1 Å². The topological polar surface area (TPSA) is 92.5 Å². The lowest BCUT2D eigenvalue weighted by molar-refractivity contribution is -0.768. The fourth-order valence-corrected chi connectivity index (χ4v) is 2.86. The SMILES string of the molecule is CCC(CCCCCCCCCCCCCCC(=O)[O-])O[N+](=O)[O-]. The van der Waals surface area contributed by atoms with Crippen LogP contribution in [0.5, 0.6) is 0 Å². The van der Waals surface area contributed by atoms with Crippen molar-refractivity contribution in [3.05, 3.63) is 10.1 Å². The molecule has 1 atom stereocenters. The molecule has 0 fully saturated rings. The molecule has 0 heterocycles. The first kappa shape index (κ1) is 22.7. The van der Waals surface area contributed by atoms with E-state index in [9.17, 15) is 20.0 Å². The Balaban J connectivity index is 3.20. The van der Waals surface area contributed by atoms with Crippen LogP contribution in [0.3, 0.4) is 0 Å². The van der Waals surface area contributed by atoms with Crippen molar-refractivity contribution in [1.82, 2.24) is 0 Å². The van der Waals surface area contributed by atoms with E-state index in [1.54, 1.807) is 0 Å². The van der Waals surface area contributed by atoms with E-state index in [1.807, 2.05) is 6.92 Å². The predicted molar refractivity (Wildman–Crippen MR) is 91.8 cm³/mol. The lowest BCUT2D eigenvalue weighted by Crippen LogP contribution is -2.21. The molecule has 6 heteroatoms. The third-order valence-corrected chi connectivity index (χ3v) is 4.35. The second-order valence-corrected chi connectivity index (χ2v) is 6.51. The highest BCUT2D eigenvalue weighted by Crippen LogP contribution is 2.14. The molecule has 0 bridgehead atoms. The molecule has 0 aromatic heterocycles. The zero-order valence-electron chi connectivity index (χ0n) is 15.2. The smallest absolute Gasteiger partial charge is 0.294 e. The van der Waals surface area contributed by atoms with Gasteiger partial charge in [0.1, 0.15) is 6.10 Å². The largest absolute Gasteiger partial charge is 0.550 e. The average Bonchev–Trinajstić information content (AvgIpc) is 2.53. The van der Waals surface area contributed by atoms with E-state index in [1.165, 1.54) is 44.9 Å². The van der Waals surface area contributed by atoms with Crippen LogP contribution in [0.15, 0.2) is 0 Å². The zero-order valence-corrected chi connectivity index (χ0v) is 15.2. The maximum atomic E-state index is 10.3. The van der Waals surface area contributed by atoms with E-state index in [0.717, 1.165) is 38.5 Å². The number of carboxylic acid groups (broad SMARTS) is 1.